The van der Waals surface area contributed by atoms with Crippen molar-refractivity contribution < 1.29 is 14.6 Å². The smallest absolute Gasteiger partial charge is 0.279 e. The highest BCUT2D eigenvalue weighted by Crippen LogP contribution is 2.39. The lowest BCUT2D eigenvalue weighted by Crippen LogP contribution is -2.41. The van der Waals surface area contributed by atoms with E-state index in [2.05, 4.69) is 15.7 Å². The summed E-state index contributed by atoms with van der Waals surface area (Å²) in [7, 11) is 3.02. The summed E-state index contributed by atoms with van der Waals surface area (Å²) in [6.07, 6.45) is 3.57. The minimum atomic E-state index is -0.589. The molecule has 43 heavy (non-hydrogen) atoms. The van der Waals surface area contributed by atoms with Crippen molar-refractivity contribution in [2.24, 2.45) is 7.05 Å². The molecule has 1 aliphatic rings. The second kappa shape index (κ2) is 13.3. The number of nitrogens with one attached hydrogen (secondary N) is 2. The fraction of sp³-hybridized carbons (Fsp3) is 0.312. The van der Waals surface area contributed by atoms with Gasteiger partial charge in [0.05, 0.1) is 23.9 Å². The van der Waals surface area contributed by atoms with Crippen LogP contribution in [0.5, 0.6) is 5.88 Å². The van der Waals surface area contributed by atoms with Gasteiger partial charge in [-0.15, -0.1) is 0 Å². The van der Waals surface area contributed by atoms with Crippen LogP contribution in [0.3, 0.4) is 0 Å². The van der Waals surface area contributed by atoms with Crippen LogP contribution >= 0.6 is 23.2 Å². The zero-order valence-corrected chi connectivity index (χ0v) is 25.7. The highest BCUT2D eigenvalue weighted by Gasteiger charge is 2.23. The molecule has 2 aromatic heterocycles. The van der Waals surface area contributed by atoms with E-state index in [0.717, 1.165) is 58.2 Å². The number of halogens is 2. The minimum absolute atomic E-state index is 0.0406. The van der Waals surface area contributed by atoms with Gasteiger partial charge in [0.15, 0.2) is 5.15 Å². The number of anilines is 1. The zero-order valence-electron chi connectivity index (χ0n) is 24.2. The lowest BCUT2D eigenvalue weighted by atomic mass is 9.92. The summed E-state index contributed by atoms with van der Waals surface area (Å²) in [5, 5.41) is 21.0. The molecule has 1 amide bonds. The van der Waals surface area contributed by atoms with Crippen LogP contribution in [0.4, 0.5) is 5.69 Å². The first-order valence-electron chi connectivity index (χ1n) is 14.1. The van der Waals surface area contributed by atoms with Crippen LogP contribution in [-0.4, -0.2) is 45.0 Å². The standard InChI is InChI=1S/C32H33Cl2N5O4/c1-18-20(8-7-12-24(18)36-30(41)23-16-28(33)38-39(2)32(23)42)21-9-6-10-22(29(21)34)25-15-14-19(31(37-25)43-3)17-35-26-11-4-5-13-27(26)40/h6-10,12,14-16,26-27,35,40H,4-5,11,13,17H2,1-3H3,(H,36,41)/t26?,27-/m0/s1. The molecule has 1 fully saturated rings. The molecule has 11 heteroatoms. The summed E-state index contributed by atoms with van der Waals surface area (Å²) in [5.74, 6) is -0.103. The van der Waals surface area contributed by atoms with Crippen molar-refractivity contribution in [1.82, 2.24) is 20.1 Å². The molecular formula is C32H33Cl2N5O4. The number of pyridine rings is 1. The number of benzene rings is 2. The van der Waals surface area contributed by atoms with Gasteiger partial charge in [-0.3, -0.25) is 9.59 Å². The normalized spacial score (nSPS) is 16.6. The molecule has 224 valence electrons. The molecule has 2 atom stereocenters. The molecule has 2 aromatic carbocycles. The number of carbonyl (C=O) groups excluding carboxylic acids is 1. The monoisotopic (exact) mass is 621 g/mol. The maximum absolute atomic E-state index is 13.0. The van der Waals surface area contributed by atoms with Gasteiger partial charge in [-0.05, 0) is 49.1 Å². The second-order valence-corrected chi connectivity index (χ2v) is 11.4. The molecule has 3 N–H and O–H groups in total. The van der Waals surface area contributed by atoms with Crippen molar-refractivity contribution in [2.45, 2.75) is 51.3 Å². The maximum atomic E-state index is 13.0. The summed E-state index contributed by atoms with van der Waals surface area (Å²) in [5.41, 5.74) is 4.46. The summed E-state index contributed by atoms with van der Waals surface area (Å²) in [6, 6.07) is 16.4. The number of aryl methyl sites for hydroxylation is 1. The lowest BCUT2D eigenvalue weighted by molar-refractivity contribution is 0.0901. The van der Waals surface area contributed by atoms with Crippen LogP contribution < -0.4 is 20.9 Å². The molecule has 5 rings (SSSR count). The van der Waals surface area contributed by atoms with Gasteiger partial charge in [-0.25, -0.2) is 9.67 Å². The number of nitrogens with zero attached hydrogens (tertiary/aromatic N) is 3. The molecule has 0 spiro atoms. The van der Waals surface area contributed by atoms with Gasteiger partial charge >= 0.3 is 0 Å². The number of amides is 1. The Hall–Kier alpha value is -3.76. The van der Waals surface area contributed by atoms with Crippen LogP contribution in [0, 0.1) is 6.92 Å². The van der Waals surface area contributed by atoms with Crippen LogP contribution in [0.25, 0.3) is 22.4 Å². The molecule has 1 aliphatic carbocycles. The SMILES string of the molecule is COc1nc(-c2cccc(-c3cccc(NC(=O)c4cc(Cl)nn(C)c4=O)c3C)c2Cl)ccc1CNC1CCCC[C@@H]1O. The Bertz CT molecular complexity index is 1720. The zero-order chi connectivity index (χ0) is 30.7. The quantitative estimate of drug-likeness (QED) is 0.228. The van der Waals surface area contributed by atoms with Crippen LogP contribution in [-0.2, 0) is 13.6 Å². The van der Waals surface area contributed by atoms with E-state index in [4.69, 9.17) is 32.9 Å². The number of hydrogen-bond donors (Lipinski definition) is 3. The van der Waals surface area contributed by atoms with Crippen molar-refractivity contribution in [1.29, 1.82) is 0 Å². The molecule has 1 unspecified atom stereocenters. The number of hydrogen-bond acceptors (Lipinski definition) is 7. The Balaban J connectivity index is 1.41. The second-order valence-electron chi connectivity index (χ2n) is 10.6. The van der Waals surface area contributed by atoms with E-state index < -0.39 is 11.5 Å². The van der Waals surface area contributed by atoms with E-state index >= 15 is 0 Å². The molecule has 2 heterocycles. The Kier molecular flexibility index (Phi) is 9.46. The van der Waals surface area contributed by atoms with Crippen LogP contribution in [0.1, 0.15) is 47.2 Å². The lowest BCUT2D eigenvalue weighted by Gasteiger charge is -2.28. The van der Waals surface area contributed by atoms with Gasteiger partial charge in [-0.2, -0.15) is 5.10 Å². The van der Waals surface area contributed by atoms with Gasteiger partial charge in [0.1, 0.15) is 5.56 Å². The highest BCUT2D eigenvalue weighted by atomic mass is 35.5. The van der Waals surface area contributed by atoms with Crippen LogP contribution in [0.2, 0.25) is 10.2 Å². The molecular weight excluding hydrogens is 589 g/mol. The minimum Gasteiger partial charge on any atom is -0.481 e. The van der Waals surface area contributed by atoms with Gasteiger partial charge in [-0.1, -0.05) is 72.4 Å². The largest absolute Gasteiger partial charge is 0.481 e. The van der Waals surface area contributed by atoms with Gasteiger partial charge in [0.2, 0.25) is 5.88 Å². The number of aliphatic hydroxyl groups excluding tert-OH is 1. The molecule has 0 saturated heterocycles. The maximum Gasteiger partial charge on any atom is 0.279 e. The number of carbonyl (C=O) groups is 1. The van der Waals surface area contributed by atoms with Crippen molar-refractivity contribution in [3.8, 4) is 28.3 Å². The van der Waals surface area contributed by atoms with E-state index in [9.17, 15) is 14.7 Å². The third kappa shape index (κ3) is 6.60. The van der Waals surface area contributed by atoms with Gasteiger partial charge in [0, 0.05) is 42.0 Å². The number of methoxy groups -OCH3 is 1. The predicted octanol–water partition coefficient (Wildman–Crippen LogP) is 5.78. The third-order valence-electron chi connectivity index (χ3n) is 7.84. The fourth-order valence-corrected chi connectivity index (χ4v) is 5.99. The number of aliphatic hydroxyl groups is 1. The number of aromatic nitrogens is 3. The Morgan fingerprint density at radius 2 is 1.79 bits per heavy atom. The van der Waals surface area contributed by atoms with Crippen molar-refractivity contribution in [3.05, 3.63) is 91.8 Å². The molecule has 4 aromatic rings. The van der Waals surface area contributed by atoms with Crippen molar-refractivity contribution in [3.63, 3.8) is 0 Å². The predicted molar refractivity (Wildman–Crippen MR) is 169 cm³/mol. The first-order chi connectivity index (χ1) is 20.7. The molecule has 9 nitrogen and oxygen atoms in total. The van der Waals surface area contributed by atoms with E-state index in [1.807, 2.05) is 49.4 Å². The summed E-state index contributed by atoms with van der Waals surface area (Å²) in [4.78, 5) is 30.2. The topological polar surface area (TPSA) is 118 Å². The first kappa shape index (κ1) is 30.7. The van der Waals surface area contributed by atoms with E-state index in [1.165, 1.54) is 13.1 Å². The van der Waals surface area contributed by atoms with Crippen LogP contribution in [0.15, 0.2) is 59.4 Å². The fourth-order valence-electron chi connectivity index (χ4n) is 5.45. The molecule has 0 radical (unpaired) electrons. The Labute approximate surface area is 259 Å². The van der Waals surface area contributed by atoms with E-state index in [-0.39, 0.29) is 22.9 Å². The number of ether oxygens (including phenoxy) is 1. The molecule has 0 bridgehead atoms. The third-order valence-corrected chi connectivity index (χ3v) is 8.43. The average Bonchev–Trinajstić information content (AvgIpc) is 3.00. The summed E-state index contributed by atoms with van der Waals surface area (Å²) >= 11 is 13.0. The highest BCUT2D eigenvalue weighted by molar-refractivity contribution is 6.36. The number of rotatable bonds is 8. The van der Waals surface area contributed by atoms with Gasteiger partial charge < -0.3 is 20.5 Å². The molecule has 1 saturated carbocycles. The van der Waals surface area contributed by atoms with E-state index in [0.29, 0.717) is 28.8 Å². The van der Waals surface area contributed by atoms with Gasteiger partial charge in [0.25, 0.3) is 11.5 Å². The van der Waals surface area contributed by atoms with Crippen molar-refractivity contribution in [2.75, 3.05) is 12.4 Å². The average molecular weight is 623 g/mol. The Morgan fingerprint density at radius 1 is 1.07 bits per heavy atom. The summed E-state index contributed by atoms with van der Waals surface area (Å²) in [6.45, 7) is 2.40. The molecule has 0 aliphatic heterocycles. The first-order valence-corrected chi connectivity index (χ1v) is 14.8. The van der Waals surface area contributed by atoms with Crippen molar-refractivity contribution >= 4 is 34.8 Å². The van der Waals surface area contributed by atoms with E-state index in [1.54, 1.807) is 13.2 Å². The summed E-state index contributed by atoms with van der Waals surface area (Å²) < 4.78 is 6.65. The Morgan fingerprint density at radius 3 is 2.56 bits per heavy atom.